The van der Waals surface area contributed by atoms with E-state index in [1.54, 1.807) is 18.2 Å². The van der Waals surface area contributed by atoms with Gasteiger partial charge in [0.15, 0.2) is 0 Å². The zero-order valence-electron chi connectivity index (χ0n) is 18.4. The summed E-state index contributed by atoms with van der Waals surface area (Å²) >= 11 is 0. The summed E-state index contributed by atoms with van der Waals surface area (Å²) in [6, 6.07) is 15.9. The molecule has 0 aliphatic heterocycles. The Morgan fingerprint density at radius 3 is 2.29 bits per heavy atom. The van der Waals surface area contributed by atoms with Crippen LogP contribution in [0.25, 0.3) is 0 Å². The van der Waals surface area contributed by atoms with Crippen molar-refractivity contribution in [2.45, 2.75) is 56.7 Å². The molecule has 2 aromatic carbocycles. The van der Waals surface area contributed by atoms with Gasteiger partial charge in [-0.3, -0.25) is 9.59 Å². The lowest BCUT2D eigenvalue weighted by atomic mass is 9.74. The summed E-state index contributed by atoms with van der Waals surface area (Å²) < 4.78 is 19.6. The summed E-state index contributed by atoms with van der Waals surface area (Å²) in [5.41, 5.74) is 1.21. The topological polar surface area (TPSA) is 58.6 Å². The largest absolute Gasteiger partial charge is 0.447 e. The van der Waals surface area contributed by atoms with Gasteiger partial charge in [-0.05, 0) is 57.8 Å². The highest BCUT2D eigenvalue weighted by molar-refractivity contribution is 5.84. The molecule has 2 aromatic rings. The molecular weight excluding hydrogens is 395 g/mol. The molecule has 0 heterocycles. The third-order valence-corrected chi connectivity index (χ3v) is 6.31. The van der Waals surface area contributed by atoms with Gasteiger partial charge in [-0.25, -0.2) is 4.39 Å². The third-order valence-electron chi connectivity index (χ3n) is 6.31. The van der Waals surface area contributed by atoms with E-state index < -0.39 is 12.1 Å². The molecule has 6 heteroatoms. The fraction of sp³-hybridized carbons (Fsp3) is 0.440. The highest BCUT2D eigenvalue weighted by Crippen LogP contribution is 2.36. The molecule has 166 valence electrons. The highest BCUT2D eigenvalue weighted by Gasteiger charge is 2.39. The third kappa shape index (κ3) is 5.70. The van der Waals surface area contributed by atoms with Gasteiger partial charge >= 0.3 is 5.97 Å². The number of benzene rings is 2. The first-order chi connectivity index (χ1) is 14.8. The van der Waals surface area contributed by atoms with Gasteiger partial charge in [0.05, 0.1) is 0 Å². The van der Waals surface area contributed by atoms with Crippen molar-refractivity contribution < 1.29 is 18.7 Å². The van der Waals surface area contributed by atoms with Gasteiger partial charge in [-0.15, -0.1) is 0 Å². The average Bonchev–Trinajstić information content (AvgIpc) is 2.75. The minimum Gasteiger partial charge on any atom is -0.447 e. The predicted octanol–water partition coefficient (Wildman–Crippen LogP) is 4.03. The smallest absolute Gasteiger partial charge is 0.303 e. The van der Waals surface area contributed by atoms with Crippen molar-refractivity contribution in [1.29, 1.82) is 0 Å². The normalized spacial score (nSPS) is 22.0. The molecule has 31 heavy (non-hydrogen) atoms. The van der Waals surface area contributed by atoms with E-state index in [4.69, 9.17) is 4.74 Å². The Hall–Kier alpha value is -2.73. The number of amides is 1. The van der Waals surface area contributed by atoms with Crippen LogP contribution in [0.2, 0.25) is 0 Å². The first-order valence-electron chi connectivity index (χ1n) is 10.7. The second-order valence-electron chi connectivity index (χ2n) is 8.57. The Labute approximate surface area is 183 Å². The van der Waals surface area contributed by atoms with Gasteiger partial charge in [0.1, 0.15) is 5.82 Å². The maximum absolute atomic E-state index is 14.3. The summed E-state index contributed by atoms with van der Waals surface area (Å²) in [7, 11) is 4.07. The number of esters is 1. The molecule has 1 aliphatic rings. The molecule has 1 saturated carbocycles. The summed E-state index contributed by atoms with van der Waals surface area (Å²) in [5, 5.41) is 3.07. The molecule has 0 radical (unpaired) electrons. The molecule has 0 aromatic heterocycles. The summed E-state index contributed by atoms with van der Waals surface area (Å²) in [5.74, 6) is -0.978. The molecule has 0 bridgehead atoms. The number of hydrogen-bond donors (Lipinski definition) is 1. The van der Waals surface area contributed by atoms with Crippen molar-refractivity contribution in [3.05, 3.63) is 71.5 Å². The fourth-order valence-electron chi connectivity index (χ4n) is 4.42. The van der Waals surface area contributed by atoms with Gasteiger partial charge in [-0.2, -0.15) is 0 Å². The van der Waals surface area contributed by atoms with Crippen LogP contribution in [0, 0.1) is 5.82 Å². The van der Waals surface area contributed by atoms with Crippen molar-refractivity contribution in [1.82, 2.24) is 10.2 Å². The van der Waals surface area contributed by atoms with Crippen molar-refractivity contribution in [3.8, 4) is 0 Å². The first-order valence-corrected chi connectivity index (χ1v) is 10.7. The standard InChI is InChI=1S/C25H31FN2O3/c1-18(29)31-23(19-9-5-4-6-10-19)24(30)27-21-13-15-25(16-14-21,28(2)3)17-20-11-7-8-12-22(20)26/h4-12,21,23H,13-17H2,1-3H3,(H,27,30). The van der Waals surface area contributed by atoms with Gasteiger partial charge in [0.2, 0.25) is 6.10 Å². The van der Waals surface area contributed by atoms with Crippen LogP contribution in [0.5, 0.6) is 0 Å². The van der Waals surface area contributed by atoms with Crippen LogP contribution in [0.1, 0.15) is 49.8 Å². The summed E-state index contributed by atoms with van der Waals surface area (Å²) in [6.45, 7) is 1.30. The van der Waals surface area contributed by atoms with Crippen LogP contribution in [0.15, 0.2) is 54.6 Å². The van der Waals surface area contributed by atoms with E-state index in [-0.39, 0.29) is 23.3 Å². The van der Waals surface area contributed by atoms with E-state index in [1.807, 2.05) is 44.4 Å². The van der Waals surface area contributed by atoms with Crippen LogP contribution in [0.3, 0.4) is 0 Å². The Morgan fingerprint density at radius 2 is 1.71 bits per heavy atom. The van der Waals surface area contributed by atoms with E-state index in [0.29, 0.717) is 12.0 Å². The zero-order chi connectivity index (χ0) is 22.4. The SMILES string of the molecule is CC(=O)OC(C(=O)NC1CCC(Cc2ccccc2F)(N(C)C)CC1)c1ccccc1. The number of rotatable bonds is 7. The van der Waals surface area contributed by atoms with Crippen molar-refractivity contribution in [2.24, 2.45) is 0 Å². The van der Waals surface area contributed by atoms with E-state index >= 15 is 0 Å². The van der Waals surface area contributed by atoms with Gasteiger partial charge < -0.3 is 15.0 Å². The minimum absolute atomic E-state index is 0.0111. The number of hydrogen-bond acceptors (Lipinski definition) is 4. The van der Waals surface area contributed by atoms with Crippen LogP contribution in [-0.4, -0.2) is 42.5 Å². The monoisotopic (exact) mass is 426 g/mol. The van der Waals surface area contributed by atoms with Crippen molar-refractivity contribution in [2.75, 3.05) is 14.1 Å². The number of nitrogens with zero attached hydrogens (tertiary/aromatic N) is 1. The van der Waals surface area contributed by atoms with Crippen LogP contribution >= 0.6 is 0 Å². The number of carbonyl (C=O) groups excluding carboxylic acids is 2. The van der Waals surface area contributed by atoms with Gasteiger partial charge in [0, 0.05) is 24.1 Å². The van der Waals surface area contributed by atoms with Crippen molar-refractivity contribution in [3.63, 3.8) is 0 Å². The van der Waals surface area contributed by atoms with Gasteiger partial charge in [0.25, 0.3) is 5.91 Å². The second-order valence-corrected chi connectivity index (χ2v) is 8.57. The minimum atomic E-state index is -0.961. The Balaban J connectivity index is 1.66. The molecule has 1 aliphatic carbocycles. The van der Waals surface area contributed by atoms with Gasteiger partial charge in [-0.1, -0.05) is 48.5 Å². The molecular formula is C25H31FN2O3. The molecule has 0 saturated heterocycles. The van der Waals surface area contributed by atoms with Crippen LogP contribution < -0.4 is 5.32 Å². The number of nitrogens with one attached hydrogen (secondary N) is 1. The molecule has 1 amide bonds. The predicted molar refractivity (Wildman–Crippen MR) is 118 cm³/mol. The van der Waals surface area contributed by atoms with Crippen LogP contribution in [-0.2, 0) is 20.7 Å². The van der Waals surface area contributed by atoms with E-state index in [1.165, 1.54) is 13.0 Å². The number of likely N-dealkylation sites (N-methyl/N-ethyl adjacent to an activating group) is 1. The zero-order valence-corrected chi connectivity index (χ0v) is 18.4. The Morgan fingerprint density at radius 1 is 1.10 bits per heavy atom. The maximum atomic E-state index is 14.3. The molecule has 3 rings (SSSR count). The maximum Gasteiger partial charge on any atom is 0.303 e. The highest BCUT2D eigenvalue weighted by atomic mass is 19.1. The average molecular weight is 427 g/mol. The molecule has 1 fully saturated rings. The lowest BCUT2D eigenvalue weighted by Gasteiger charge is -2.45. The lowest BCUT2D eigenvalue weighted by Crippen LogP contribution is -2.52. The lowest BCUT2D eigenvalue weighted by molar-refractivity contribution is -0.154. The second kappa shape index (κ2) is 10.1. The van der Waals surface area contributed by atoms with E-state index in [0.717, 1.165) is 31.2 Å². The van der Waals surface area contributed by atoms with Crippen molar-refractivity contribution >= 4 is 11.9 Å². The number of carbonyl (C=O) groups is 2. The quantitative estimate of drug-likeness (QED) is 0.679. The fourth-order valence-corrected chi connectivity index (χ4v) is 4.42. The van der Waals surface area contributed by atoms with Crippen LogP contribution in [0.4, 0.5) is 4.39 Å². The molecule has 1 unspecified atom stereocenters. The molecule has 0 spiro atoms. The Kier molecular flexibility index (Phi) is 7.44. The summed E-state index contributed by atoms with van der Waals surface area (Å²) in [6.07, 6.45) is 2.90. The molecule has 1 atom stereocenters. The first kappa shape index (κ1) is 22.9. The van der Waals surface area contributed by atoms with E-state index in [2.05, 4.69) is 10.2 Å². The number of ether oxygens (including phenoxy) is 1. The Bertz CT molecular complexity index is 893. The number of halogens is 1. The van der Waals surface area contributed by atoms with E-state index in [9.17, 15) is 14.0 Å². The molecule has 5 nitrogen and oxygen atoms in total. The molecule has 1 N–H and O–H groups in total. The summed E-state index contributed by atoms with van der Waals surface area (Å²) in [4.78, 5) is 26.7.